The zero-order valence-electron chi connectivity index (χ0n) is 14.5. The molecule has 0 unspecified atom stereocenters. The van der Waals surface area contributed by atoms with Gasteiger partial charge >= 0.3 is 5.97 Å². The first-order valence-corrected chi connectivity index (χ1v) is 9.88. The van der Waals surface area contributed by atoms with Gasteiger partial charge < -0.3 is 9.47 Å². The van der Waals surface area contributed by atoms with Crippen LogP contribution in [0.25, 0.3) is 0 Å². The molecule has 9 heteroatoms. The van der Waals surface area contributed by atoms with Gasteiger partial charge in [-0.15, -0.1) is 0 Å². The van der Waals surface area contributed by atoms with E-state index in [4.69, 9.17) is 21.1 Å². The Kier molecular flexibility index (Phi) is 7.35. The van der Waals surface area contributed by atoms with E-state index in [1.165, 1.54) is 18.2 Å². The summed E-state index contributed by atoms with van der Waals surface area (Å²) in [6, 6.07) is 10.2. The number of nitrogens with one attached hydrogen (secondary N) is 1. The van der Waals surface area contributed by atoms with Crippen molar-refractivity contribution in [1.82, 2.24) is 4.72 Å². The molecule has 0 aliphatic heterocycles. The highest BCUT2D eigenvalue weighted by Crippen LogP contribution is 2.19. The molecule has 2 aromatic carbocycles. The van der Waals surface area contributed by atoms with E-state index in [-0.39, 0.29) is 28.6 Å². The summed E-state index contributed by atoms with van der Waals surface area (Å²) >= 11 is 5.85. The van der Waals surface area contributed by atoms with Gasteiger partial charge in [0.2, 0.25) is 10.0 Å². The summed E-state index contributed by atoms with van der Waals surface area (Å²) in [5.74, 6) is 0.0664. The van der Waals surface area contributed by atoms with Crippen molar-refractivity contribution in [1.29, 1.82) is 0 Å². The molecule has 0 saturated heterocycles. The second kappa shape index (κ2) is 9.50. The standard InChI is InChI=1S/C18H18ClNO6S/c1-2-25-18(22)13-3-6-15(7-4-13)26-10-9-20-27(23,24)16-8-5-14(12-21)17(19)11-16/h3-8,11-12,20H,2,9-10H2,1H3. The average Bonchev–Trinajstić information content (AvgIpc) is 2.66. The highest BCUT2D eigenvalue weighted by molar-refractivity contribution is 7.89. The Morgan fingerprint density at radius 1 is 1.19 bits per heavy atom. The maximum absolute atomic E-state index is 12.2. The lowest BCUT2D eigenvalue weighted by molar-refractivity contribution is 0.0526. The van der Waals surface area contributed by atoms with Crippen LogP contribution in [0.15, 0.2) is 47.4 Å². The van der Waals surface area contributed by atoms with Crippen molar-refractivity contribution in [3.63, 3.8) is 0 Å². The third-order valence-corrected chi connectivity index (χ3v) is 5.22. The van der Waals surface area contributed by atoms with Crippen LogP contribution in [-0.4, -0.2) is 40.4 Å². The van der Waals surface area contributed by atoms with Gasteiger partial charge in [0.1, 0.15) is 12.4 Å². The number of sulfonamides is 1. The molecule has 1 N–H and O–H groups in total. The summed E-state index contributed by atoms with van der Waals surface area (Å²) in [5, 5.41) is 0.0609. The molecule has 2 aromatic rings. The normalized spacial score (nSPS) is 11.0. The van der Waals surface area contributed by atoms with E-state index in [1.54, 1.807) is 31.2 Å². The van der Waals surface area contributed by atoms with E-state index in [9.17, 15) is 18.0 Å². The molecule has 0 heterocycles. The summed E-state index contributed by atoms with van der Waals surface area (Å²) in [5.41, 5.74) is 0.616. The van der Waals surface area contributed by atoms with E-state index in [0.29, 0.717) is 24.2 Å². The Balaban J connectivity index is 1.87. The Hall–Kier alpha value is -2.42. The fourth-order valence-corrected chi connectivity index (χ4v) is 3.43. The number of ether oxygens (including phenoxy) is 2. The van der Waals surface area contributed by atoms with E-state index in [1.807, 2.05) is 0 Å². The molecular formula is C18H18ClNO6S. The van der Waals surface area contributed by atoms with E-state index < -0.39 is 16.0 Å². The maximum atomic E-state index is 12.2. The van der Waals surface area contributed by atoms with E-state index in [0.717, 1.165) is 0 Å². The number of benzene rings is 2. The van der Waals surface area contributed by atoms with Crippen molar-refractivity contribution in [3.05, 3.63) is 58.6 Å². The zero-order valence-corrected chi connectivity index (χ0v) is 16.0. The van der Waals surface area contributed by atoms with Crippen LogP contribution in [-0.2, 0) is 14.8 Å². The molecular weight excluding hydrogens is 394 g/mol. The predicted molar refractivity (Wildman–Crippen MR) is 99.9 cm³/mol. The molecule has 144 valence electrons. The number of halogens is 1. The molecule has 0 fully saturated rings. The van der Waals surface area contributed by atoms with Crippen molar-refractivity contribution in [3.8, 4) is 5.75 Å². The van der Waals surface area contributed by atoms with Crippen LogP contribution >= 0.6 is 11.6 Å². The molecule has 0 amide bonds. The average molecular weight is 412 g/mol. The topological polar surface area (TPSA) is 98.8 Å². The monoisotopic (exact) mass is 411 g/mol. The molecule has 2 rings (SSSR count). The van der Waals surface area contributed by atoms with Crippen LogP contribution in [0.2, 0.25) is 5.02 Å². The van der Waals surface area contributed by atoms with Crippen molar-refractivity contribution in [2.45, 2.75) is 11.8 Å². The molecule has 0 aromatic heterocycles. The Morgan fingerprint density at radius 2 is 1.89 bits per heavy atom. The second-order valence-electron chi connectivity index (χ2n) is 5.29. The SMILES string of the molecule is CCOC(=O)c1ccc(OCCNS(=O)(=O)c2ccc(C=O)c(Cl)c2)cc1. The molecule has 7 nitrogen and oxygen atoms in total. The minimum atomic E-state index is -3.78. The van der Waals surface area contributed by atoms with Gasteiger partial charge in [0.25, 0.3) is 0 Å². The first-order chi connectivity index (χ1) is 12.9. The van der Waals surface area contributed by atoms with Gasteiger partial charge in [-0.05, 0) is 49.4 Å². The van der Waals surface area contributed by atoms with Gasteiger partial charge in [0.05, 0.1) is 22.1 Å². The summed E-state index contributed by atoms with van der Waals surface area (Å²) < 4.78 is 37.1. The number of hydrogen-bond donors (Lipinski definition) is 1. The van der Waals surface area contributed by atoms with Crippen LogP contribution in [0.3, 0.4) is 0 Å². The Bertz CT molecular complexity index is 912. The summed E-state index contributed by atoms with van der Waals surface area (Å²) in [6.45, 7) is 2.12. The lowest BCUT2D eigenvalue weighted by atomic mass is 10.2. The molecule has 0 spiro atoms. The van der Waals surface area contributed by atoms with Gasteiger partial charge in [0, 0.05) is 12.1 Å². The fourth-order valence-electron chi connectivity index (χ4n) is 2.10. The first-order valence-electron chi connectivity index (χ1n) is 8.01. The fraction of sp³-hybridized carbons (Fsp3) is 0.222. The highest BCUT2D eigenvalue weighted by atomic mass is 35.5. The van der Waals surface area contributed by atoms with Gasteiger partial charge in [-0.3, -0.25) is 4.79 Å². The van der Waals surface area contributed by atoms with Crippen molar-refractivity contribution < 1.29 is 27.5 Å². The zero-order chi connectivity index (χ0) is 19.9. The van der Waals surface area contributed by atoms with Crippen LogP contribution in [0.1, 0.15) is 27.6 Å². The molecule has 0 radical (unpaired) electrons. The van der Waals surface area contributed by atoms with Crippen LogP contribution < -0.4 is 9.46 Å². The quantitative estimate of drug-likeness (QED) is 0.387. The number of hydrogen-bond acceptors (Lipinski definition) is 6. The van der Waals surface area contributed by atoms with Crippen molar-refractivity contribution >= 4 is 33.9 Å². The van der Waals surface area contributed by atoms with Crippen LogP contribution in [0.4, 0.5) is 0 Å². The van der Waals surface area contributed by atoms with E-state index in [2.05, 4.69) is 4.72 Å². The van der Waals surface area contributed by atoms with Crippen molar-refractivity contribution in [2.75, 3.05) is 19.8 Å². The van der Waals surface area contributed by atoms with Crippen LogP contribution in [0.5, 0.6) is 5.75 Å². The minimum Gasteiger partial charge on any atom is -0.492 e. The van der Waals surface area contributed by atoms with Gasteiger partial charge in [0.15, 0.2) is 6.29 Å². The molecule has 27 heavy (non-hydrogen) atoms. The molecule has 0 atom stereocenters. The van der Waals surface area contributed by atoms with Gasteiger partial charge in [-0.25, -0.2) is 17.9 Å². The lowest BCUT2D eigenvalue weighted by Crippen LogP contribution is -2.28. The Labute approximate surface area is 162 Å². The third-order valence-electron chi connectivity index (χ3n) is 3.44. The second-order valence-corrected chi connectivity index (χ2v) is 7.47. The van der Waals surface area contributed by atoms with Crippen molar-refractivity contribution in [2.24, 2.45) is 0 Å². The minimum absolute atomic E-state index is 0.0228. The predicted octanol–water partition coefficient (Wildman–Crippen LogP) is 2.69. The molecule has 0 aliphatic carbocycles. The Morgan fingerprint density at radius 3 is 2.48 bits per heavy atom. The maximum Gasteiger partial charge on any atom is 0.338 e. The third kappa shape index (κ3) is 5.78. The van der Waals surface area contributed by atoms with Crippen LogP contribution in [0, 0.1) is 0 Å². The van der Waals surface area contributed by atoms with Gasteiger partial charge in [-0.2, -0.15) is 0 Å². The number of rotatable bonds is 9. The summed E-state index contributed by atoms with van der Waals surface area (Å²) in [6.07, 6.45) is 0.549. The number of esters is 1. The highest BCUT2D eigenvalue weighted by Gasteiger charge is 2.15. The van der Waals surface area contributed by atoms with E-state index >= 15 is 0 Å². The molecule has 0 aliphatic rings. The smallest absolute Gasteiger partial charge is 0.338 e. The number of carbonyl (C=O) groups excluding carboxylic acids is 2. The molecule has 0 bridgehead atoms. The first kappa shape index (κ1) is 20.9. The number of carbonyl (C=O) groups is 2. The molecule has 0 saturated carbocycles. The summed E-state index contributed by atoms with van der Waals surface area (Å²) in [4.78, 5) is 22.2. The largest absolute Gasteiger partial charge is 0.492 e. The summed E-state index contributed by atoms with van der Waals surface area (Å²) in [7, 11) is -3.78. The lowest BCUT2D eigenvalue weighted by Gasteiger charge is -2.10. The number of aldehydes is 1. The van der Waals surface area contributed by atoms with Gasteiger partial charge in [-0.1, -0.05) is 11.6 Å².